The number of benzene rings is 2. The standard InChI is InChI=1S/C23H25FN4/c24-20-12-6-5-9-18(20)13-14-25-23-26-21(19-10-3-1-4-11-19)17-22(27-23)28-15-7-2-8-16-28/h1,3-6,9-12,17H,2,7-8,13-16H2,(H,25,26,27). The van der Waals surface area contributed by atoms with E-state index in [1.54, 1.807) is 6.07 Å². The van der Waals surface area contributed by atoms with Crippen LogP contribution in [0.1, 0.15) is 24.8 Å². The highest BCUT2D eigenvalue weighted by Gasteiger charge is 2.15. The first-order valence-corrected chi connectivity index (χ1v) is 9.96. The van der Waals surface area contributed by atoms with Crippen LogP contribution in [0.15, 0.2) is 60.7 Å². The maximum Gasteiger partial charge on any atom is 0.225 e. The second-order valence-electron chi connectivity index (χ2n) is 7.12. The zero-order valence-electron chi connectivity index (χ0n) is 15.9. The normalized spacial score (nSPS) is 14.1. The Labute approximate surface area is 165 Å². The van der Waals surface area contributed by atoms with Crippen LogP contribution in [-0.4, -0.2) is 29.6 Å². The van der Waals surface area contributed by atoms with Crippen molar-refractivity contribution in [2.24, 2.45) is 0 Å². The summed E-state index contributed by atoms with van der Waals surface area (Å²) in [6.45, 7) is 2.64. The van der Waals surface area contributed by atoms with Crippen molar-refractivity contribution in [1.82, 2.24) is 9.97 Å². The van der Waals surface area contributed by atoms with Crippen molar-refractivity contribution in [2.75, 3.05) is 29.9 Å². The van der Waals surface area contributed by atoms with Gasteiger partial charge in [-0.25, -0.2) is 9.37 Å². The highest BCUT2D eigenvalue weighted by atomic mass is 19.1. The lowest BCUT2D eigenvalue weighted by atomic mass is 10.1. The van der Waals surface area contributed by atoms with E-state index in [-0.39, 0.29) is 5.82 Å². The maximum absolute atomic E-state index is 13.8. The van der Waals surface area contributed by atoms with Crippen LogP contribution in [0.2, 0.25) is 0 Å². The van der Waals surface area contributed by atoms with Crippen LogP contribution >= 0.6 is 0 Å². The number of rotatable bonds is 6. The van der Waals surface area contributed by atoms with E-state index in [9.17, 15) is 4.39 Å². The molecule has 28 heavy (non-hydrogen) atoms. The third-order valence-corrected chi connectivity index (χ3v) is 5.10. The molecule has 0 atom stereocenters. The first-order valence-electron chi connectivity index (χ1n) is 9.96. The monoisotopic (exact) mass is 376 g/mol. The van der Waals surface area contributed by atoms with Crippen LogP contribution in [0.4, 0.5) is 16.2 Å². The highest BCUT2D eigenvalue weighted by Crippen LogP contribution is 2.25. The van der Waals surface area contributed by atoms with E-state index in [2.05, 4.69) is 28.4 Å². The van der Waals surface area contributed by atoms with E-state index in [4.69, 9.17) is 9.97 Å². The van der Waals surface area contributed by atoms with Crippen molar-refractivity contribution in [3.63, 3.8) is 0 Å². The second kappa shape index (κ2) is 8.83. The molecule has 1 aliphatic rings. The van der Waals surface area contributed by atoms with Crippen molar-refractivity contribution < 1.29 is 4.39 Å². The van der Waals surface area contributed by atoms with Crippen LogP contribution in [0, 0.1) is 5.82 Å². The fourth-order valence-electron chi connectivity index (χ4n) is 3.57. The molecule has 0 bridgehead atoms. The molecule has 4 nitrogen and oxygen atoms in total. The summed E-state index contributed by atoms with van der Waals surface area (Å²) < 4.78 is 13.8. The third kappa shape index (κ3) is 4.47. The summed E-state index contributed by atoms with van der Waals surface area (Å²) in [5.41, 5.74) is 2.68. The molecule has 4 rings (SSSR count). The number of nitrogens with one attached hydrogen (secondary N) is 1. The summed E-state index contributed by atoms with van der Waals surface area (Å²) in [5.74, 6) is 1.39. The van der Waals surface area contributed by atoms with Crippen molar-refractivity contribution >= 4 is 11.8 Å². The Kier molecular flexibility index (Phi) is 5.80. The largest absolute Gasteiger partial charge is 0.356 e. The Hall–Kier alpha value is -2.95. The van der Waals surface area contributed by atoms with Gasteiger partial charge in [0.2, 0.25) is 5.95 Å². The molecule has 0 radical (unpaired) electrons. The quantitative estimate of drug-likeness (QED) is 0.662. The van der Waals surface area contributed by atoms with Crippen LogP contribution < -0.4 is 10.2 Å². The van der Waals surface area contributed by atoms with Gasteiger partial charge < -0.3 is 10.2 Å². The Morgan fingerprint density at radius 3 is 2.43 bits per heavy atom. The van der Waals surface area contributed by atoms with Crippen LogP contribution in [0.25, 0.3) is 11.3 Å². The molecule has 0 unspecified atom stereocenters. The zero-order valence-corrected chi connectivity index (χ0v) is 15.9. The maximum atomic E-state index is 13.8. The Morgan fingerprint density at radius 1 is 0.893 bits per heavy atom. The smallest absolute Gasteiger partial charge is 0.225 e. The summed E-state index contributed by atoms with van der Waals surface area (Å²) in [5, 5.41) is 3.29. The van der Waals surface area contributed by atoms with Gasteiger partial charge in [0, 0.05) is 31.3 Å². The predicted octanol–water partition coefficient (Wildman–Crippen LogP) is 4.93. The highest BCUT2D eigenvalue weighted by molar-refractivity contribution is 5.64. The number of hydrogen-bond donors (Lipinski definition) is 1. The van der Waals surface area contributed by atoms with Crippen molar-refractivity contribution in [1.29, 1.82) is 0 Å². The Bertz CT molecular complexity index is 907. The molecule has 5 heteroatoms. The van der Waals surface area contributed by atoms with Crippen molar-refractivity contribution in [2.45, 2.75) is 25.7 Å². The number of anilines is 2. The molecule has 1 fully saturated rings. The van der Waals surface area contributed by atoms with Gasteiger partial charge in [-0.15, -0.1) is 0 Å². The minimum atomic E-state index is -0.169. The fraction of sp³-hybridized carbons (Fsp3) is 0.304. The number of nitrogens with zero attached hydrogens (tertiary/aromatic N) is 3. The molecule has 144 valence electrons. The van der Waals surface area contributed by atoms with E-state index in [0.717, 1.165) is 30.2 Å². The van der Waals surface area contributed by atoms with E-state index in [1.807, 2.05) is 30.3 Å². The first kappa shape index (κ1) is 18.4. The average molecular weight is 376 g/mol. The summed E-state index contributed by atoms with van der Waals surface area (Å²) in [6, 6.07) is 19.1. The number of halogens is 1. The van der Waals surface area contributed by atoms with E-state index in [0.29, 0.717) is 24.5 Å². The molecule has 0 saturated carbocycles. The van der Waals surface area contributed by atoms with Gasteiger partial charge in [0.1, 0.15) is 11.6 Å². The topological polar surface area (TPSA) is 41.1 Å². The van der Waals surface area contributed by atoms with Crippen molar-refractivity contribution in [3.05, 3.63) is 72.0 Å². The lowest BCUT2D eigenvalue weighted by Gasteiger charge is -2.28. The number of piperidine rings is 1. The number of aromatic nitrogens is 2. The molecule has 2 aromatic carbocycles. The molecule has 2 heterocycles. The fourth-order valence-corrected chi connectivity index (χ4v) is 3.57. The Balaban J connectivity index is 1.55. The predicted molar refractivity (Wildman–Crippen MR) is 112 cm³/mol. The molecular formula is C23H25FN4. The first-order chi connectivity index (χ1) is 13.8. The van der Waals surface area contributed by atoms with Crippen LogP contribution in [0.3, 0.4) is 0 Å². The summed E-state index contributed by atoms with van der Waals surface area (Å²) in [6.07, 6.45) is 4.26. The summed E-state index contributed by atoms with van der Waals surface area (Å²) >= 11 is 0. The molecule has 1 saturated heterocycles. The third-order valence-electron chi connectivity index (χ3n) is 5.10. The average Bonchev–Trinajstić information content (AvgIpc) is 2.76. The minimum Gasteiger partial charge on any atom is -0.356 e. The Morgan fingerprint density at radius 2 is 1.64 bits per heavy atom. The van der Waals surface area contributed by atoms with E-state index >= 15 is 0 Å². The van der Waals surface area contributed by atoms with Crippen LogP contribution in [-0.2, 0) is 6.42 Å². The molecule has 1 aliphatic heterocycles. The van der Waals surface area contributed by atoms with Gasteiger partial charge in [-0.05, 0) is 37.3 Å². The second-order valence-corrected chi connectivity index (χ2v) is 7.12. The van der Waals surface area contributed by atoms with Crippen molar-refractivity contribution in [3.8, 4) is 11.3 Å². The van der Waals surface area contributed by atoms with Gasteiger partial charge in [-0.2, -0.15) is 4.98 Å². The SMILES string of the molecule is Fc1ccccc1CCNc1nc(-c2ccccc2)cc(N2CCCCC2)n1. The lowest BCUT2D eigenvalue weighted by molar-refractivity contribution is 0.573. The zero-order chi connectivity index (χ0) is 19.2. The van der Waals surface area contributed by atoms with Gasteiger partial charge in [-0.3, -0.25) is 0 Å². The summed E-state index contributed by atoms with van der Waals surface area (Å²) in [7, 11) is 0. The molecule has 1 aromatic heterocycles. The molecule has 1 N–H and O–H groups in total. The van der Waals surface area contributed by atoms with Crippen LogP contribution in [0.5, 0.6) is 0 Å². The van der Waals surface area contributed by atoms with Gasteiger partial charge in [0.15, 0.2) is 0 Å². The lowest BCUT2D eigenvalue weighted by Crippen LogP contribution is -2.30. The van der Waals surface area contributed by atoms with Gasteiger partial charge in [0.05, 0.1) is 5.69 Å². The van der Waals surface area contributed by atoms with E-state index in [1.165, 1.54) is 25.3 Å². The molecule has 0 amide bonds. The minimum absolute atomic E-state index is 0.169. The van der Waals surface area contributed by atoms with Gasteiger partial charge in [0.25, 0.3) is 0 Å². The molecule has 0 spiro atoms. The molecule has 3 aromatic rings. The summed E-state index contributed by atoms with van der Waals surface area (Å²) in [4.78, 5) is 11.8. The molecule has 0 aliphatic carbocycles. The number of hydrogen-bond acceptors (Lipinski definition) is 4. The molecular weight excluding hydrogens is 351 g/mol. The van der Waals surface area contributed by atoms with Gasteiger partial charge >= 0.3 is 0 Å². The van der Waals surface area contributed by atoms with E-state index < -0.39 is 0 Å². The van der Waals surface area contributed by atoms with Gasteiger partial charge in [-0.1, -0.05) is 48.5 Å².